The third kappa shape index (κ3) is 2.36. The van der Waals surface area contributed by atoms with Crippen molar-refractivity contribution in [2.45, 2.75) is 4.21 Å². The maximum Gasteiger partial charge on any atom is 0.253 e. The number of rotatable bonds is 2. The van der Waals surface area contributed by atoms with E-state index in [2.05, 4.69) is 21.2 Å². The van der Waals surface area contributed by atoms with E-state index in [0.717, 1.165) is 13.1 Å². The molecule has 0 aliphatic carbocycles. The van der Waals surface area contributed by atoms with Crippen molar-refractivity contribution in [3.05, 3.63) is 15.9 Å². The molecule has 3 heterocycles. The number of thiophene rings is 1. The highest BCUT2D eigenvalue weighted by Crippen LogP contribution is 2.35. The summed E-state index contributed by atoms with van der Waals surface area (Å²) in [5, 5.41) is 5.12. The predicted molar refractivity (Wildman–Crippen MR) is 77.9 cm³/mol. The van der Waals surface area contributed by atoms with Crippen molar-refractivity contribution >= 4 is 49.7 Å². The lowest BCUT2D eigenvalue weighted by molar-refractivity contribution is 0.449. The number of nitrogens with one attached hydrogen (secondary N) is 1. The smallest absolute Gasteiger partial charge is 0.253 e. The lowest BCUT2D eigenvalue weighted by Crippen LogP contribution is -2.31. The Bertz CT molecular complexity index is 522. The van der Waals surface area contributed by atoms with Gasteiger partial charge in [-0.3, -0.25) is 0 Å². The van der Waals surface area contributed by atoms with Crippen molar-refractivity contribution in [3.63, 3.8) is 0 Å². The van der Waals surface area contributed by atoms with Gasteiger partial charge in [0.25, 0.3) is 10.0 Å². The molecule has 2 aliphatic heterocycles. The van der Waals surface area contributed by atoms with Crippen LogP contribution in [0.5, 0.6) is 0 Å². The maximum atomic E-state index is 12.4. The molecule has 2 aliphatic rings. The Hall–Kier alpha value is 0.340. The second kappa shape index (κ2) is 5.38. The number of halogens is 2. The first-order valence-corrected chi connectivity index (χ1v) is 8.64. The van der Waals surface area contributed by atoms with Crippen molar-refractivity contribution in [1.29, 1.82) is 0 Å². The van der Waals surface area contributed by atoms with Crippen LogP contribution in [0.15, 0.2) is 20.1 Å². The summed E-state index contributed by atoms with van der Waals surface area (Å²) in [6.07, 6.45) is 0. The average molecular weight is 374 g/mol. The van der Waals surface area contributed by atoms with Crippen LogP contribution in [0.25, 0.3) is 0 Å². The zero-order valence-electron chi connectivity index (χ0n) is 9.50. The van der Waals surface area contributed by atoms with Crippen LogP contribution in [-0.4, -0.2) is 38.9 Å². The first-order valence-electron chi connectivity index (χ1n) is 5.53. The SMILES string of the molecule is Cl.O=S(=O)(c1sccc1Br)N1C[C@H]2CNC[C@H]2C1. The van der Waals surface area contributed by atoms with Gasteiger partial charge in [-0.2, -0.15) is 4.31 Å². The Morgan fingerprint density at radius 1 is 1.33 bits per heavy atom. The summed E-state index contributed by atoms with van der Waals surface area (Å²) in [5.41, 5.74) is 0. The monoisotopic (exact) mass is 372 g/mol. The molecule has 0 spiro atoms. The summed E-state index contributed by atoms with van der Waals surface area (Å²) in [6.45, 7) is 3.21. The van der Waals surface area contributed by atoms with Gasteiger partial charge in [-0.25, -0.2) is 8.42 Å². The molecule has 0 amide bonds. The van der Waals surface area contributed by atoms with Crippen molar-refractivity contribution in [1.82, 2.24) is 9.62 Å². The molecule has 2 saturated heterocycles. The van der Waals surface area contributed by atoms with E-state index in [0.29, 0.717) is 33.6 Å². The third-order valence-electron chi connectivity index (χ3n) is 3.51. The third-order valence-corrected chi connectivity index (χ3v) is 7.99. The molecule has 8 heteroatoms. The minimum Gasteiger partial charge on any atom is -0.316 e. The van der Waals surface area contributed by atoms with Crippen LogP contribution in [0.1, 0.15) is 0 Å². The van der Waals surface area contributed by atoms with Gasteiger partial charge < -0.3 is 5.32 Å². The van der Waals surface area contributed by atoms with Crippen molar-refractivity contribution in [2.24, 2.45) is 11.8 Å². The topological polar surface area (TPSA) is 49.4 Å². The molecular formula is C10H14BrClN2O2S2. The highest BCUT2D eigenvalue weighted by atomic mass is 79.9. The van der Waals surface area contributed by atoms with Crippen molar-refractivity contribution in [2.75, 3.05) is 26.2 Å². The number of hydrogen-bond acceptors (Lipinski definition) is 4. The van der Waals surface area contributed by atoms with Gasteiger partial charge in [0.2, 0.25) is 0 Å². The van der Waals surface area contributed by atoms with Gasteiger partial charge >= 0.3 is 0 Å². The highest BCUT2D eigenvalue weighted by molar-refractivity contribution is 9.10. The molecule has 102 valence electrons. The van der Waals surface area contributed by atoms with Crippen LogP contribution < -0.4 is 5.32 Å². The lowest BCUT2D eigenvalue weighted by atomic mass is 10.0. The molecule has 18 heavy (non-hydrogen) atoms. The number of sulfonamides is 1. The number of fused-ring (bicyclic) bond motifs is 1. The first kappa shape index (κ1) is 14.7. The Morgan fingerprint density at radius 3 is 2.44 bits per heavy atom. The lowest BCUT2D eigenvalue weighted by Gasteiger charge is -2.16. The van der Waals surface area contributed by atoms with E-state index in [1.165, 1.54) is 11.3 Å². The molecule has 4 nitrogen and oxygen atoms in total. The standard InChI is InChI=1S/C10H13BrN2O2S2.ClH/c11-9-1-2-16-10(9)17(14,15)13-5-7-3-12-4-8(7)6-13;/h1-2,7-8,12H,3-6H2;1H/t7-,8+;. The van der Waals surface area contributed by atoms with E-state index >= 15 is 0 Å². The van der Waals surface area contributed by atoms with Gasteiger partial charge in [0.1, 0.15) is 4.21 Å². The molecule has 0 unspecified atom stereocenters. The zero-order valence-corrected chi connectivity index (χ0v) is 13.5. The van der Waals surface area contributed by atoms with Crippen LogP contribution in [0.3, 0.4) is 0 Å². The molecule has 0 saturated carbocycles. The number of nitrogens with zero attached hydrogens (tertiary/aromatic N) is 1. The summed E-state index contributed by atoms with van der Waals surface area (Å²) in [6, 6.07) is 1.79. The molecule has 0 radical (unpaired) electrons. The zero-order chi connectivity index (χ0) is 12.0. The second-order valence-electron chi connectivity index (χ2n) is 4.56. The van der Waals surface area contributed by atoms with Crippen LogP contribution >= 0.6 is 39.7 Å². The largest absolute Gasteiger partial charge is 0.316 e. The highest BCUT2D eigenvalue weighted by Gasteiger charge is 2.42. The normalized spacial score (nSPS) is 28.1. The summed E-state index contributed by atoms with van der Waals surface area (Å²) in [4.78, 5) is 0. The number of hydrogen-bond donors (Lipinski definition) is 1. The van der Waals surface area contributed by atoms with Crippen LogP contribution in [0.2, 0.25) is 0 Å². The van der Waals surface area contributed by atoms with Gasteiger partial charge in [0.15, 0.2) is 0 Å². The Labute approximate surface area is 125 Å². The van der Waals surface area contributed by atoms with E-state index in [1.54, 1.807) is 15.8 Å². The molecular weight excluding hydrogens is 360 g/mol. The molecule has 1 N–H and O–H groups in total. The van der Waals surface area contributed by atoms with Gasteiger partial charge in [-0.15, -0.1) is 23.7 Å². The fourth-order valence-electron chi connectivity index (χ4n) is 2.59. The molecule has 0 bridgehead atoms. The summed E-state index contributed by atoms with van der Waals surface area (Å²) >= 11 is 4.58. The van der Waals surface area contributed by atoms with Crippen molar-refractivity contribution in [3.8, 4) is 0 Å². The molecule has 2 fully saturated rings. The summed E-state index contributed by atoms with van der Waals surface area (Å²) < 4.78 is 27.6. The van der Waals surface area contributed by atoms with Crippen LogP contribution in [0, 0.1) is 11.8 Å². The van der Waals surface area contributed by atoms with Gasteiger partial charge in [0, 0.05) is 17.6 Å². The Balaban J connectivity index is 0.00000120. The summed E-state index contributed by atoms with van der Waals surface area (Å²) in [7, 11) is -3.29. The minimum absolute atomic E-state index is 0. The van der Waals surface area contributed by atoms with E-state index in [4.69, 9.17) is 0 Å². The summed E-state index contributed by atoms with van der Waals surface area (Å²) in [5.74, 6) is 0.979. The van der Waals surface area contributed by atoms with E-state index in [1.807, 2.05) is 0 Å². The van der Waals surface area contributed by atoms with E-state index < -0.39 is 10.0 Å². The molecule has 0 aromatic carbocycles. The van der Waals surface area contributed by atoms with Gasteiger partial charge in [-0.05, 0) is 52.3 Å². The Morgan fingerprint density at radius 2 is 1.94 bits per heavy atom. The fraction of sp³-hybridized carbons (Fsp3) is 0.600. The maximum absolute atomic E-state index is 12.4. The van der Waals surface area contributed by atoms with Gasteiger partial charge in [-0.1, -0.05) is 0 Å². The fourth-order valence-corrected chi connectivity index (χ4v) is 6.59. The minimum atomic E-state index is -3.29. The Kier molecular flexibility index (Phi) is 4.40. The molecule has 1 aromatic rings. The van der Waals surface area contributed by atoms with E-state index in [-0.39, 0.29) is 12.4 Å². The molecule has 3 rings (SSSR count). The van der Waals surface area contributed by atoms with Crippen LogP contribution in [-0.2, 0) is 10.0 Å². The van der Waals surface area contributed by atoms with Crippen LogP contribution in [0.4, 0.5) is 0 Å². The van der Waals surface area contributed by atoms with Gasteiger partial charge in [0.05, 0.1) is 0 Å². The average Bonchev–Trinajstić information content (AvgIpc) is 2.89. The molecule has 2 atom stereocenters. The van der Waals surface area contributed by atoms with Crippen molar-refractivity contribution < 1.29 is 8.42 Å². The quantitative estimate of drug-likeness (QED) is 0.859. The molecule has 1 aromatic heterocycles. The van der Waals surface area contributed by atoms with E-state index in [9.17, 15) is 8.42 Å². The second-order valence-corrected chi connectivity index (χ2v) is 8.46. The first-order chi connectivity index (χ1) is 8.09. The predicted octanol–water partition coefficient (Wildman–Crippen LogP) is 1.77.